The van der Waals surface area contributed by atoms with E-state index in [0.717, 1.165) is 89.9 Å². The van der Waals surface area contributed by atoms with Gasteiger partial charge in [0, 0.05) is 6.42 Å². The minimum atomic E-state index is -4.57. The zero-order valence-electron chi connectivity index (χ0n) is 40.5. The van der Waals surface area contributed by atoms with Crippen LogP contribution in [-0.2, 0) is 18.4 Å². The Labute approximate surface area is 382 Å². The molecule has 0 aliphatic rings. The predicted octanol–water partition coefficient (Wildman–Crippen LogP) is 13.9. The third kappa shape index (κ3) is 45.7. The van der Waals surface area contributed by atoms with Gasteiger partial charge in [-0.1, -0.05) is 202 Å². The average molecular weight is 887 g/mol. The third-order valence-corrected chi connectivity index (χ3v) is 11.6. The van der Waals surface area contributed by atoms with E-state index in [1.807, 2.05) is 21.1 Å². The Morgan fingerprint density at radius 2 is 0.984 bits per heavy atom. The normalized spacial score (nSPS) is 14.9. The molecule has 0 aliphatic carbocycles. The maximum atomic E-state index is 12.9. The lowest BCUT2D eigenvalue weighted by Gasteiger charge is -2.30. The number of aliphatic hydroxyl groups excluding tert-OH is 1. The fourth-order valence-electron chi connectivity index (χ4n) is 6.72. The van der Waals surface area contributed by atoms with Gasteiger partial charge >= 0.3 is 0 Å². The average Bonchev–Trinajstić information content (AvgIpc) is 3.23. The second kappa shape index (κ2) is 43.9. The molecule has 2 N–H and O–H groups in total. The Morgan fingerprint density at radius 3 is 1.44 bits per heavy atom. The monoisotopic (exact) mass is 887 g/mol. The van der Waals surface area contributed by atoms with Gasteiger partial charge in [-0.05, 0) is 70.6 Å². The first-order chi connectivity index (χ1) is 30.0. The van der Waals surface area contributed by atoms with Gasteiger partial charge in [-0.25, -0.2) is 0 Å². The molecule has 0 bridgehead atoms. The molecule has 3 atom stereocenters. The number of quaternary nitrogens is 1. The predicted molar refractivity (Wildman–Crippen MR) is 265 cm³/mol. The lowest BCUT2D eigenvalue weighted by atomic mass is 10.0. The van der Waals surface area contributed by atoms with Crippen molar-refractivity contribution in [1.82, 2.24) is 5.32 Å². The summed E-state index contributed by atoms with van der Waals surface area (Å²) in [6, 6.07) is -0.807. The summed E-state index contributed by atoms with van der Waals surface area (Å²) in [7, 11) is 1.29. The summed E-state index contributed by atoms with van der Waals surface area (Å²) in [6.45, 7) is 4.56. The van der Waals surface area contributed by atoms with Crippen molar-refractivity contribution in [1.29, 1.82) is 0 Å². The standard InChI is InChI=1S/C53H95N2O6P/c1-6-8-10-12-14-16-17-18-19-20-21-22-23-24-25-26-27-28-29-30-31-32-33-34-35-36-37-39-41-43-45-47-53(57)54-51(50-61-62(58,59)60-49-48-55(3,4)5)52(56)46-44-42-40-38-15-13-11-9-7-2/h8,10,14,16,18-19,21-22,24-25,27-28,30-31,51-52,56H,6-7,9,11-13,15,17,20,23,26,29,32-50H2,1-5H3,(H-,54,57,58,59)/b10-8-,16-14-,19-18-,22-21-,25-24-,28-27-,31-30-. The van der Waals surface area contributed by atoms with Gasteiger partial charge in [0.2, 0.25) is 5.91 Å². The number of carbonyl (C=O) groups is 1. The Morgan fingerprint density at radius 1 is 0.581 bits per heavy atom. The van der Waals surface area contributed by atoms with Crippen LogP contribution in [0.4, 0.5) is 0 Å². The Hall–Kier alpha value is -2.32. The van der Waals surface area contributed by atoms with E-state index < -0.39 is 20.0 Å². The number of unbranched alkanes of at least 4 members (excludes halogenated alkanes) is 17. The molecule has 0 saturated carbocycles. The highest BCUT2D eigenvalue weighted by molar-refractivity contribution is 7.45. The van der Waals surface area contributed by atoms with Gasteiger partial charge in [0.25, 0.3) is 7.82 Å². The smallest absolute Gasteiger partial charge is 0.268 e. The fourth-order valence-corrected chi connectivity index (χ4v) is 7.45. The van der Waals surface area contributed by atoms with E-state index in [1.165, 1.54) is 77.0 Å². The van der Waals surface area contributed by atoms with Crippen molar-refractivity contribution >= 4 is 13.7 Å². The molecule has 0 radical (unpaired) electrons. The Kier molecular flexibility index (Phi) is 42.3. The van der Waals surface area contributed by atoms with Crippen LogP contribution < -0.4 is 10.2 Å². The summed E-state index contributed by atoms with van der Waals surface area (Å²) in [4.78, 5) is 25.3. The van der Waals surface area contributed by atoms with Gasteiger partial charge in [-0.2, -0.15) is 0 Å². The van der Waals surface area contributed by atoms with Crippen molar-refractivity contribution in [2.75, 3.05) is 40.9 Å². The highest BCUT2D eigenvalue weighted by Gasteiger charge is 2.24. The van der Waals surface area contributed by atoms with E-state index in [0.29, 0.717) is 23.9 Å². The summed E-state index contributed by atoms with van der Waals surface area (Å²) < 4.78 is 23.2. The van der Waals surface area contributed by atoms with Crippen molar-refractivity contribution in [3.63, 3.8) is 0 Å². The van der Waals surface area contributed by atoms with Crippen molar-refractivity contribution in [3.05, 3.63) is 85.1 Å². The number of rotatable bonds is 44. The topological polar surface area (TPSA) is 108 Å². The lowest BCUT2D eigenvalue weighted by Crippen LogP contribution is -2.46. The molecule has 8 nitrogen and oxygen atoms in total. The van der Waals surface area contributed by atoms with Gasteiger partial charge in [0.15, 0.2) is 0 Å². The number of carbonyl (C=O) groups excluding carboxylic acids is 1. The summed E-state index contributed by atoms with van der Waals surface area (Å²) in [5.41, 5.74) is 0. The number of allylic oxidation sites excluding steroid dienone is 14. The SMILES string of the molecule is CC/C=C\C/C=C\C/C=C\C/C=C\C/C=C\C/C=C\C/C=C\CCCCCCCCCCCC(=O)NC(COP(=O)([O-])OCC[N+](C)(C)C)C(O)CCCCCCCCCCC. The van der Waals surface area contributed by atoms with Gasteiger partial charge in [0.05, 0.1) is 39.9 Å². The van der Waals surface area contributed by atoms with E-state index >= 15 is 0 Å². The van der Waals surface area contributed by atoms with Crippen molar-refractivity contribution in [2.24, 2.45) is 0 Å². The fraction of sp³-hybridized carbons (Fsp3) is 0.717. The molecule has 358 valence electrons. The molecule has 0 fully saturated rings. The van der Waals surface area contributed by atoms with E-state index in [9.17, 15) is 19.4 Å². The lowest BCUT2D eigenvalue weighted by molar-refractivity contribution is -0.870. The second-order valence-electron chi connectivity index (χ2n) is 17.8. The number of phosphoric acid groups is 1. The molecule has 0 spiro atoms. The molecule has 0 heterocycles. The molecule has 3 unspecified atom stereocenters. The zero-order valence-corrected chi connectivity index (χ0v) is 41.4. The molecule has 1 amide bonds. The first-order valence-electron chi connectivity index (χ1n) is 24.9. The molecular formula is C53H95N2O6P. The van der Waals surface area contributed by atoms with Crippen LogP contribution in [0.3, 0.4) is 0 Å². The van der Waals surface area contributed by atoms with Crippen LogP contribution in [0.5, 0.6) is 0 Å². The minimum Gasteiger partial charge on any atom is -0.756 e. The van der Waals surface area contributed by atoms with Gasteiger partial charge in [-0.15, -0.1) is 0 Å². The number of nitrogens with one attached hydrogen (secondary N) is 1. The van der Waals surface area contributed by atoms with E-state index in [4.69, 9.17) is 9.05 Å². The van der Waals surface area contributed by atoms with Crippen molar-refractivity contribution < 1.29 is 32.9 Å². The van der Waals surface area contributed by atoms with E-state index in [1.54, 1.807) is 0 Å². The van der Waals surface area contributed by atoms with Crippen LogP contribution >= 0.6 is 7.82 Å². The molecule has 0 aliphatic heterocycles. The third-order valence-electron chi connectivity index (χ3n) is 10.6. The minimum absolute atomic E-state index is 0.00669. The summed E-state index contributed by atoms with van der Waals surface area (Å²) in [5.74, 6) is -0.178. The maximum Gasteiger partial charge on any atom is 0.268 e. The molecular weight excluding hydrogens is 792 g/mol. The Balaban J connectivity index is 4.11. The van der Waals surface area contributed by atoms with Crippen molar-refractivity contribution in [3.8, 4) is 0 Å². The van der Waals surface area contributed by atoms with Crippen LogP contribution in [0.1, 0.15) is 194 Å². The van der Waals surface area contributed by atoms with Crippen LogP contribution in [-0.4, -0.2) is 68.5 Å². The Bertz CT molecular complexity index is 1280. The van der Waals surface area contributed by atoms with Crippen molar-refractivity contribution in [2.45, 2.75) is 206 Å². The summed E-state index contributed by atoms with van der Waals surface area (Å²) >= 11 is 0. The quantitative estimate of drug-likeness (QED) is 0.0273. The molecule has 0 saturated heterocycles. The maximum absolute atomic E-state index is 12.9. The molecule has 9 heteroatoms. The number of amides is 1. The molecule has 0 aromatic rings. The molecule has 0 aromatic heterocycles. The van der Waals surface area contributed by atoms with Crippen LogP contribution in [0.25, 0.3) is 0 Å². The summed E-state index contributed by atoms with van der Waals surface area (Å²) in [6.07, 6.45) is 60.4. The first kappa shape index (κ1) is 59.7. The second-order valence-corrected chi connectivity index (χ2v) is 19.2. The summed E-state index contributed by atoms with van der Waals surface area (Å²) in [5, 5.41) is 13.9. The highest BCUT2D eigenvalue weighted by Crippen LogP contribution is 2.38. The van der Waals surface area contributed by atoms with Gasteiger partial charge in [-0.3, -0.25) is 9.36 Å². The number of nitrogens with zero attached hydrogens (tertiary/aromatic N) is 1. The van der Waals surface area contributed by atoms with Gasteiger partial charge in [0.1, 0.15) is 13.2 Å². The van der Waals surface area contributed by atoms with Gasteiger partial charge < -0.3 is 28.8 Å². The van der Waals surface area contributed by atoms with Crippen LogP contribution in [0, 0.1) is 0 Å². The van der Waals surface area contributed by atoms with E-state index in [2.05, 4.69) is 104 Å². The van der Waals surface area contributed by atoms with Crippen LogP contribution in [0.2, 0.25) is 0 Å². The number of hydrogen-bond acceptors (Lipinski definition) is 6. The molecule has 62 heavy (non-hydrogen) atoms. The van der Waals surface area contributed by atoms with Crippen LogP contribution in [0.15, 0.2) is 85.1 Å². The number of phosphoric ester groups is 1. The first-order valence-corrected chi connectivity index (χ1v) is 26.4. The largest absolute Gasteiger partial charge is 0.756 e. The number of aliphatic hydroxyl groups is 1. The zero-order chi connectivity index (χ0) is 45.7. The number of hydrogen-bond donors (Lipinski definition) is 2. The number of likely N-dealkylation sites (N-methyl/N-ethyl adjacent to an activating group) is 1. The molecule has 0 rings (SSSR count). The highest BCUT2D eigenvalue weighted by atomic mass is 31.2. The molecule has 0 aromatic carbocycles. The van der Waals surface area contributed by atoms with E-state index in [-0.39, 0.29) is 19.1 Å².